The zero-order valence-corrected chi connectivity index (χ0v) is 13.9. The van der Waals surface area contributed by atoms with E-state index in [-0.39, 0.29) is 18.2 Å². The fourth-order valence-corrected chi connectivity index (χ4v) is 2.20. The summed E-state index contributed by atoms with van der Waals surface area (Å²) in [6, 6.07) is 10.1. The molecule has 0 heterocycles. The molecule has 1 rings (SSSR count). The Balaban J connectivity index is 2.66. The Kier molecular flexibility index (Phi) is 6.06. The van der Waals surface area contributed by atoms with E-state index in [1.54, 1.807) is 0 Å². The van der Waals surface area contributed by atoms with E-state index in [2.05, 4.69) is 31.4 Å². The van der Waals surface area contributed by atoms with E-state index in [0.29, 0.717) is 5.92 Å². The number of benzene rings is 1. The van der Waals surface area contributed by atoms with E-state index < -0.39 is 5.60 Å². The molecule has 21 heavy (non-hydrogen) atoms. The van der Waals surface area contributed by atoms with Crippen LogP contribution in [0.25, 0.3) is 0 Å². The van der Waals surface area contributed by atoms with Gasteiger partial charge >= 0.3 is 6.09 Å². The maximum absolute atomic E-state index is 12.0. The average Bonchev–Trinajstić information content (AvgIpc) is 2.34. The van der Waals surface area contributed by atoms with Crippen molar-refractivity contribution in [3.63, 3.8) is 0 Å². The molecule has 0 aliphatic carbocycles. The van der Waals surface area contributed by atoms with Crippen LogP contribution in [-0.4, -0.2) is 23.8 Å². The number of carbonyl (C=O) groups excluding carboxylic acids is 1. The summed E-state index contributed by atoms with van der Waals surface area (Å²) in [6.07, 6.45) is -0.372. The molecule has 0 aliphatic rings. The summed E-state index contributed by atoms with van der Waals surface area (Å²) < 4.78 is 5.34. The zero-order chi connectivity index (χ0) is 16.0. The van der Waals surface area contributed by atoms with Crippen LogP contribution in [0.15, 0.2) is 30.3 Å². The largest absolute Gasteiger partial charge is 0.444 e. The third kappa shape index (κ3) is 6.52. The van der Waals surface area contributed by atoms with Crippen molar-refractivity contribution in [1.29, 1.82) is 0 Å². The number of hydrogen-bond acceptors (Lipinski definition) is 3. The fourth-order valence-electron chi connectivity index (χ4n) is 2.20. The minimum absolute atomic E-state index is 0.0138. The highest BCUT2D eigenvalue weighted by Gasteiger charge is 2.25. The lowest BCUT2D eigenvalue weighted by Crippen LogP contribution is -2.49. The van der Waals surface area contributed by atoms with Crippen LogP contribution in [0, 0.1) is 5.92 Å². The standard InChI is InChI=1S/C17H28N2O2/c1-12(2)15(19-16(20)21-17(4,5)6)13(3)18-14-10-8-7-9-11-14/h7-13,15,18H,1-6H3,(H,19,20)/t13-,15+/m1/s1. The van der Waals surface area contributed by atoms with Gasteiger partial charge in [-0.25, -0.2) is 4.79 Å². The van der Waals surface area contributed by atoms with E-state index in [0.717, 1.165) is 5.69 Å². The Morgan fingerprint density at radius 1 is 1.10 bits per heavy atom. The number of anilines is 1. The van der Waals surface area contributed by atoms with Crippen LogP contribution in [0.5, 0.6) is 0 Å². The molecule has 2 N–H and O–H groups in total. The molecule has 2 atom stereocenters. The summed E-state index contributed by atoms with van der Waals surface area (Å²) in [5.41, 5.74) is 0.559. The lowest BCUT2D eigenvalue weighted by Gasteiger charge is -2.31. The lowest BCUT2D eigenvalue weighted by atomic mass is 9.97. The monoisotopic (exact) mass is 292 g/mol. The summed E-state index contributed by atoms with van der Waals surface area (Å²) in [5, 5.41) is 6.39. The van der Waals surface area contributed by atoms with Crippen molar-refractivity contribution < 1.29 is 9.53 Å². The number of amides is 1. The fraction of sp³-hybridized carbons (Fsp3) is 0.588. The molecule has 0 saturated heterocycles. The topological polar surface area (TPSA) is 50.4 Å². The second-order valence-corrected chi connectivity index (χ2v) is 6.72. The summed E-state index contributed by atoms with van der Waals surface area (Å²) in [6.45, 7) is 11.8. The third-order valence-corrected chi connectivity index (χ3v) is 3.11. The van der Waals surface area contributed by atoms with Crippen molar-refractivity contribution in [2.45, 2.75) is 59.2 Å². The quantitative estimate of drug-likeness (QED) is 0.861. The molecule has 0 aromatic heterocycles. The van der Waals surface area contributed by atoms with Gasteiger partial charge in [-0.05, 0) is 45.7 Å². The Labute approximate surface area is 128 Å². The summed E-state index contributed by atoms with van der Waals surface area (Å²) >= 11 is 0. The van der Waals surface area contributed by atoms with E-state index in [9.17, 15) is 4.79 Å². The Morgan fingerprint density at radius 2 is 1.67 bits per heavy atom. The van der Waals surface area contributed by atoms with Crippen molar-refractivity contribution in [3.8, 4) is 0 Å². The zero-order valence-electron chi connectivity index (χ0n) is 13.9. The highest BCUT2D eigenvalue weighted by atomic mass is 16.6. The first-order valence-corrected chi connectivity index (χ1v) is 7.50. The molecular weight excluding hydrogens is 264 g/mol. The molecular formula is C17H28N2O2. The third-order valence-electron chi connectivity index (χ3n) is 3.11. The van der Waals surface area contributed by atoms with Gasteiger partial charge in [0.2, 0.25) is 0 Å². The first-order chi connectivity index (χ1) is 9.69. The maximum atomic E-state index is 12.0. The van der Waals surface area contributed by atoms with Crippen molar-refractivity contribution >= 4 is 11.8 Å². The highest BCUT2D eigenvalue weighted by molar-refractivity contribution is 5.68. The van der Waals surface area contributed by atoms with Gasteiger partial charge in [-0.2, -0.15) is 0 Å². The first-order valence-electron chi connectivity index (χ1n) is 7.50. The molecule has 118 valence electrons. The van der Waals surface area contributed by atoms with Gasteiger partial charge in [-0.3, -0.25) is 0 Å². The number of ether oxygens (including phenoxy) is 1. The average molecular weight is 292 g/mol. The Morgan fingerprint density at radius 3 is 2.14 bits per heavy atom. The Bertz CT molecular complexity index is 438. The molecule has 0 saturated carbocycles. The number of para-hydroxylation sites is 1. The van der Waals surface area contributed by atoms with Crippen LogP contribution in [-0.2, 0) is 4.74 Å². The van der Waals surface area contributed by atoms with Gasteiger partial charge in [0.25, 0.3) is 0 Å². The number of rotatable bonds is 5. The predicted octanol–water partition coefficient (Wildman–Crippen LogP) is 4.04. The van der Waals surface area contributed by atoms with Gasteiger partial charge in [0, 0.05) is 11.7 Å². The molecule has 0 radical (unpaired) electrons. The molecule has 1 aromatic carbocycles. The van der Waals surface area contributed by atoms with Crippen molar-refractivity contribution in [3.05, 3.63) is 30.3 Å². The molecule has 0 aliphatic heterocycles. The lowest BCUT2D eigenvalue weighted by molar-refractivity contribution is 0.0485. The van der Waals surface area contributed by atoms with Gasteiger partial charge in [0.05, 0.1) is 6.04 Å². The maximum Gasteiger partial charge on any atom is 0.407 e. The first kappa shape index (κ1) is 17.3. The molecule has 1 aromatic rings. The molecule has 0 unspecified atom stereocenters. The van der Waals surface area contributed by atoms with Crippen LogP contribution in [0.3, 0.4) is 0 Å². The second kappa shape index (κ2) is 7.34. The van der Waals surface area contributed by atoms with E-state index in [1.165, 1.54) is 0 Å². The normalized spacial score (nSPS) is 14.4. The Hall–Kier alpha value is -1.71. The second-order valence-electron chi connectivity index (χ2n) is 6.72. The van der Waals surface area contributed by atoms with Crippen LogP contribution in [0.4, 0.5) is 10.5 Å². The van der Waals surface area contributed by atoms with Gasteiger partial charge < -0.3 is 15.4 Å². The van der Waals surface area contributed by atoms with Gasteiger partial charge in [0.1, 0.15) is 5.60 Å². The summed E-state index contributed by atoms with van der Waals surface area (Å²) in [7, 11) is 0. The van der Waals surface area contributed by atoms with Crippen LogP contribution in [0.1, 0.15) is 41.5 Å². The van der Waals surface area contributed by atoms with Gasteiger partial charge in [-0.1, -0.05) is 32.0 Å². The smallest absolute Gasteiger partial charge is 0.407 e. The molecule has 4 heteroatoms. The molecule has 0 spiro atoms. The summed E-state index contributed by atoms with van der Waals surface area (Å²) in [4.78, 5) is 12.0. The molecule has 4 nitrogen and oxygen atoms in total. The minimum atomic E-state index is -0.484. The van der Waals surface area contributed by atoms with Crippen molar-refractivity contribution in [2.24, 2.45) is 5.92 Å². The number of nitrogens with one attached hydrogen (secondary N) is 2. The predicted molar refractivity (Wildman–Crippen MR) is 87.5 cm³/mol. The van der Waals surface area contributed by atoms with Crippen LogP contribution in [0.2, 0.25) is 0 Å². The molecule has 1 amide bonds. The van der Waals surface area contributed by atoms with Gasteiger partial charge in [-0.15, -0.1) is 0 Å². The van der Waals surface area contributed by atoms with E-state index in [4.69, 9.17) is 4.74 Å². The van der Waals surface area contributed by atoms with Crippen LogP contribution < -0.4 is 10.6 Å². The highest BCUT2D eigenvalue weighted by Crippen LogP contribution is 2.15. The van der Waals surface area contributed by atoms with E-state index in [1.807, 2.05) is 51.1 Å². The summed E-state index contributed by atoms with van der Waals surface area (Å²) in [5.74, 6) is 0.295. The number of alkyl carbamates (subject to hydrolysis) is 1. The molecule has 0 fully saturated rings. The van der Waals surface area contributed by atoms with Gasteiger partial charge in [0.15, 0.2) is 0 Å². The minimum Gasteiger partial charge on any atom is -0.444 e. The number of carbonyl (C=O) groups is 1. The van der Waals surface area contributed by atoms with Crippen molar-refractivity contribution in [1.82, 2.24) is 5.32 Å². The van der Waals surface area contributed by atoms with E-state index >= 15 is 0 Å². The van der Waals surface area contributed by atoms with Crippen LogP contribution >= 0.6 is 0 Å². The SMILES string of the molecule is CC(C)[C@H](NC(=O)OC(C)(C)C)[C@@H](C)Nc1ccccc1. The number of hydrogen-bond donors (Lipinski definition) is 2. The van der Waals surface area contributed by atoms with Crippen molar-refractivity contribution in [2.75, 3.05) is 5.32 Å². The molecule has 0 bridgehead atoms.